The van der Waals surface area contributed by atoms with Gasteiger partial charge in [-0.15, -0.1) is 0 Å². The molecule has 1 aromatic carbocycles. The van der Waals surface area contributed by atoms with E-state index in [4.69, 9.17) is 0 Å². The fourth-order valence-electron chi connectivity index (χ4n) is 1.69. The van der Waals surface area contributed by atoms with Crippen LogP contribution in [0.15, 0.2) is 18.2 Å². The second-order valence-electron chi connectivity index (χ2n) is 4.02. The van der Waals surface area contributed by atoms with Crippen molar-refractivity contribution in [2.75, 3.05) is 0 Å². The monoisotopic (exact) mass is 204 g/mol. The van der Waals surface area contributed by atoms with E-state index in [0.29, 0.717) is 6.42 Å². The summed E-state index contributed by atoms with van der Waals surface area (Å²) in [5.41, 5.74) is 3.50. The van der Waals surface area contributed by atoms with Crippen molar-refractivity contribution in [1.82, 2.24) is 0 Å². The molecule has 0 unspecified atom stereocenters. The first-order chi connectivity index (χ1) is 7.19. The number of hydrogen-bond acceptors (Lipinski definition) is 1. The lowest BCUT2D eigenvalue weighted by molar-refractivity contribution is 0.0988. The molecule has 0 atom stereocenters. The number of unbranched alkanes of at least 4 members (excludes halogenated alkanes) is 1. The Hall–Kier alpha value is -1.11. The summed E-state index contributed by atoms with van der Waals surface area (Å²) in [6, 6.07) is 6.07. The first-order valence-electron chi connectivity index (χ1n) is 5.81. The first kappa shape index (κ1) is 12.0. The molecular weight excluding hydrogens is 184 g/mol. The number of Topliss-reactive ketones (excluding diaryl/α,β-unsaturated/α-hetero) is 1. The van der Waals surface area contributed by atoms with Gasteiger partial charge < -0.3 is 0 Å². The van der Waals surface area contributed by atoms with Gasteiger partial charge in [0.15, 0.2) is 5.78 Å². The summed E-state index contributed by atoms with van der Waals surface area (Å²) < 4.78 is 0. The van der Waals surface area contributed by atoms with Crippen molar-refractivity contribution in [3.63, 3.8) is 0 Å². The van der Waals surface area contributed by atoms with E-state index >= 15 is 0 Å². The highest BCUT2D eigenvalue weighted by Gasteiger charge is 2.05. The third-order valence-electron chi connectivity index (χ3n) is 2.79. The van der Waals surface area contributed by atoms with Gasteiger partial charge in [-0.3, -0.25) is 4.79 Å². The minimum Gasteiger partial charge on any atom is -0.294 e. The fraction of sp³-hybridized carbons (Fsp3) is 0.500. The standard InChI is InChI=1S/C14H20O/c1-4-6-7-12-10-13(14(15)5-2)9-8-11(12)3/h8-10H,4-7H2,1-3H3. The summed E-state index contributed by atoms with van der Waals surface area (Å²) in [6.45, 7) is 6.22. The van der Waals surface area contributed by atoms with Crippen molar-refractivity contribution in [3.8, 4) is 0 Å². The van der Waals surface area contributed by atoms with Crippen molar-refractivity contribution in [2.45, 2.75) is 46.5 Å². The van der Waals surface area contributed by atoms with Gasteiger partial charge in [-0.1, -0.05) is 32.4 Å². The Morgan fingerprint density at radius 1 is 1.27 bits per heavy atom. The number of benzene rings is 1. The summed E-state index contributed by atoms with van der Waals surface area (Å²) in [7, 11) is 0. The molecule has 0 bridgehead atoms. The van der Waals surface area contributed by atoms with Crippen LogP contribution in [0.1, 0.15) is 54.6 Å². The second-order valence-corrected chi connectivity index (χ2v) is 4.02. The van der Waals surface area contributed by atoms with E-state index in [-0.39, 0.29) is 5.78 Å². The van der Waals surface area contributed by atoms with E-state index in [1.54, 1.807) is 0 Å². The third kappa shape index (κ3) is 3.19. The lowest BCUT2D eigenvalue weighted by Crippen LogP contribution is -1.99. The predicted octanol–water partition coefficient (Wildman–Crippen LogP) is 3.93. The maximum Gasteiger partial charge on any atom is 0.162 e. The lowest BCUT2D eigenvalue weighted by atomic mass is 9.98. The van der Waals surface area contributed by atoms with Gasteiger partial charge in [0.25, 0.3) is 0 Å². The summed E-state index contributed by atoms with van der Waals surface area (Å²) in [6.07, 6.45) is 4.08. The topological polar surface area (TPSA) is 17.1 Å². The number of hydrogen-bond donors (Lipinski definition) is 0. The Labute approximate surface area is 92.5 Å². The predicted molar refractivity (Wildman–Crippen MR) is 64.4 cm³/mol. The van der Waals surface area contributed by atoms with E-state index in [1.165, 1.54) is 24.0 Å². The highest BCUT2D eigenvalue weighted by molar-refractivity contribution is 5.96. The number of rotatable bonds is 5. The summed E-state index contributed by atoms with van der Waals surface area (Å²) in [5.74, 6) is 0.243. The first-order valence-corrected chi connectivity index (χ1v) is 5.81. The molecule has 0 aliphatic carbocycles. The normalized spacial score (nSPS) is 10.3. The molecule has 0 saturated carbocycles. The molecule has 0 amide bonds. The highest BCUT2D eigenvalue weighted by Crippen LogP contribution is 2.15. The van der Waals surface area contributed by atoms with Crippen LogP contribution >= 0.6 is 0 Å². The third-order valence-corrected chi connectivity index (χ3v) is 2.79. The molecule has 0 fully saturated rings. The van der Waals surface area contributed by atoms with Gasteiger partial charge in [0.2, 0.25) is 0 Å². The summed E-state index contributed by atoms with van der Waals surface area (Å²) in [5, 5.41) is 0. The average molecular weight is 204 g/mol. The molecule has 0 aromatic heterocycles. The summed E-state index contributed by atoms with van der Waals surface area (Å²) in [4.78, 5) is 11.6. The molecule has 0 spiro atoms. The van der Waals surface area contributed by atoms with E-state index in [1.807, 2.05) is 13.0 Å². The Morgan fingerprint density at radius 3 is 2.60 bits per heavy atom. The SMILES string of the molecule is CCCCc1cc(C(=O)CC)ccc1C. The van der Waals surface area contributed by atoms with Gasteiger partial charge in [-0.2, -0.15) is 0 Å². The highest BCUT2D eigenvalue weighted by atomic mass is 16.1. The maximum absolute atomic E-state index is 11.6. The van der Waals surface area contributed by atoms with Crippen molar-refractivity contribution < 1.29 is 4.79 Å². The Morgan fingerprint density at radius 2 is 2.00 bits per heavy atom. The van der Waals surface area contributed by atoms with Crippen LogP contribution in [-0.4, -0.2) is 5.78 Å². The molecule has 15 heavy (non-hydrogen) atoms. The van der Waals surface area contributed by atoms with Crippen LogP contribution < -0.4 is 0 Å². The van der Waals surface area contributed by atoms with Crippen LogP contribution in [0.5, 0.6) is 0 Å². The van der Waals surface area contributed by atoms with Crippen molar-refractivity contribution in [3.05, 3.63) is 34.9 Å². The number of carbonyl (C=O) groups is 1. The van der Waals surface area contributed by atoms with Crippen LogP contribution in [0.3, 0.4) is 0 Å². The zero-order chi connectivity index (χ0) is 11.3. The molecule has 1 aromatic rings. The van der Waals surface area contributed by atoms with E-state index < -0.39 is 0 Å². The van der Waals surface area contributed by atoms with E-state index in [0.717, 1.165) is 12.0 Å². The molecule has 0 aliphatic rings. The molecule has 0 heterocycles. The van der Waals surface area contributed by atoms with Gasteiger partial charge in [0, 0.05) is 12.0 Å². The number of aryl methyl sites for hydroxylation is 2. The Bertz CT molecular complexity index is 339. The molecule has 1 heteroatoms. The molecule has 0 saturated heterocycles. The number of ketones is 1. The Kier molecular flexibility index (Phi) is 4.54. The maximum atomic E-state index is 11.6. The van der Waals surface area contributed by atoms with Crippen LogP contribution in [0.25, 0.3) is 0 Å². The zero-order valence-electron chi connectivity index (χ0n) is 9.97. The van der Waals surface area contributed by atoms with Crippen molar-refractivity contribution in [2.24, 2.45) is 0 Å². The smallest absolute Gasteiger partial charge is 0.162 e. The molecule has 0 aliphatic heterocycles. The van der Waals surface area contributed by atoms with Crippen LogP contribution in [0.4, 0.5) is 0 Å². The lowest BCUT2D eigenvalue weighted by Gasteiger charge is -2.07. The van der Waals surface area contributed by atoms with E-state index in [9.17, 15) is 4.79 Å². The molecule has 1 nitrogen and oxygen atoms in total. The molecule has 0 radical (unpaired) electrons. The number of carbonyl (C=O) groups excluding carboxylic acids is 1. The van der Waals surface area contributed by atoms with Gasteiger partial charge >= 0.3 is 0 Å². The van der Waals surface area contributed by atoms with E-state index in [2.05, 4.69) is 26.0 Å². The van der Waals surface area contributed by atoms with Gasteiger partial charge in [-0.05, 0) is 37.0 Å². The quantitative estimate of drug-likeness (QED) is 0.664. The second kappa shape index (κ2) is 5.69. The summed E-state index contributed by atoms with van der Waals surface area (Å²) >= 11 is 0. The largest absolute Gasteiger partial charge is 0.294 e. The van der Waals surface area contributed by atoms with Gasteiger partial charge in [0.1, 0.15) is 0 Å². The molecule has 0 N–H and O–H groups in total. The molecule has 1 rings (SSSR count). The van der Waals surface area contributed by atoms with Gasteiger partial charge in [0.05, 0.1) is 0 Å². The van der Waals surface area contributed by atoms with Crippen LogP contribution in [-0.2, 0) is 6.42 Å². The van der Waals surface area contributed by atoms with Crippen LogP contribution in [0, 0.1) is 6.92 Å². The van der Waals surface area contributed by atoms with Crippen molar-refractivity contribution in [1.29, 1.82) is 0 Å². The molecule has 82 valence electrons. The fourth-order valence-corrected chi connectivity index (χ4v) is 1.69. The average Bonchev–Trinajstić information content (AvgIpc) is 2.27. The van der Waals surface area contributed by atoms with Crippen molar-refractivity contribution >= 4 is 5.78 Å². The minimum absolute atomic E-state index is 0.243. The molecular formula is C14H20O. The minimum atomic E-state index is 0.243. The van der Waals surface area contributed by atoms with Crippen LogP contribution in [0.2, 0.25) is 0 Å². The zero-order valence-corrected chi connectivity index (χ0v) is 9.97. The Balaban J connectivity index is 2.89. The van der Waals surface area contributed by atoms with Gasteiger partial charge in [-0.25, -0.2) is 0 Å².